The Bertz CT molecular complexity index is 184. The van der Waals surface area contributed by atoms with Crippen molar-refractivity contribution in [2.75, 3.05) is 26.2 Å². The Morgan fingerprint density at radius 1 is 0.571 bits per heavy atom. The van der Waals surface area contributed by atoms with E-state index in [4.69, 9.17) is 0 Å². The van der Waals surface area contributed by atoms with Crippen LogP contribution in [0.2, 0.25) is 0 Å². The summed E-state index contributed by atoms with van der Waals surface area (Å²) in [6, 6.07) is 0. The van der Waals surface area contributed by atoms with Crippen molar-refractivity contribution in [2.24, 2.45) is 0 Å². The SMILES string of the molecule is C1CCC2(CC1)N1CCCN2CCC1. The molecule has 0 N–H and O–H groups in total. The van der Waals surface area contributed by atoms with Crippen LogP contribution in [0.3, 0.4) is 0 Å². The van der Waals surface area contributed by atoms with Crippen LogP contribution in [-0.4, -0.2) is 41.6 Å². The molecule has 2 heteroatoms. The molecule has 0 amide bonds. The summed E-state index contributed by atoms with van der Waals surface area (Å²) in [5, 5.41) is 0. The smallest absolute Gasteiger partial charge is 0.0737 e. The summed E-state index contributed by atoms with van der Waals surface area (Å²) in [7, 11) is 0. The van der Waals surface area contributed by atoms with Gasteiger partial charge in [0.2, 0.25) is 0 Å². The van der Waals surface area contributed by atoms with Gasteiger partial charge >= 0.3 is 0 Å². The van der Waals surface area contributed by atoms with E-state index in [0.717, 1.165) is 0 Å². The Morgan fingerprint density at radius 3 is 1.57 bits per heavy atom. The number of rotatable bonds is 0. The quantitative estimate of drug-likeness (QED) is 0.582. The maximum absolute atomic E-state index is 2.80. The Kier molecular flexibility index (Phi) is 2.29. The highest BCUT2D eigenvalue weighted by Gasteiger charge is 2.46. The minimum Gasteiger partial charge on any atom is -0.285 e. The molecule has 0 aromatic rings. The summed E-state index contributed by atoms with van der Waals surface area (Å²) in [5.74, 6) is 0. The van der Waals surface area contributed by atoms with E-state index in [0.29, 0.717) is 5.66 Å². The van der Waals surface area contributed by atoms with Crippen molar-refractivity contribution in [3.8, 4) is 0 Å². The van der Waals surface area contributed by atoms with Crippen molar-refractivity contribution in [2.45, 2.75) is 50.6 Å². The molecule has 2 bridgehead atoms. The molecule has 2 saturated heterocycles. The molecule has 3 rings (SSSR count). The van der Waals surface area contributed by atoms with Gasteiger partial charge in [-0.15, -0.1) is 0 Å². The predicted molar refractivity (Wildman–Crippen MR) is 58.2 cm³/mol. The molecule has 0 unspecified atom stereocenters. The predicted octanol–water partition coefficient (Wildman–Crippen LogP) is 2.06. The first kappa shape index (κ1) is 9.17. The summed E-state index contributed by atoms with van der Waals surface area (Å²) in [6.45, 7) is 5.49. The van der Waals surface area contributed by atoms with Crippen molar-refractivity contribution >= 4 is 0 Å². The van der Waals surface area contributed by atoms with Crippen LogP contribution in [0, 0.1) is 0 Å². The van der Waals surface area contributed by atoms with Crippen LogP contribution in [0.5, 0.6) is 0 Å². The highest BCUT2D eigenvalue weighted by Crippen LogP contribution is 2.41. The van der Waals surface area contributed by atoms with Gasteiger partial charge in [0.05, 0.1) is 5.66 Å². The van der Waals surface area contributed by atoms with Gasteiger partial charge in [-0.3, -0.25) is 9.80 Å². The number of hydrogen-bond acceptors (Lipinski definition) is 2. The summed E-state index contributed by atoms with van der Waals surface area (Å²) < 4.78 is 0. The van der Waals surface area contributed by atoms with Gasteiger partial charge in [-0.25, -0.2) is 0 Å². The third-order valence-electron chi connectivity index (χ3n) is 4.54. The maximum Gasteiger partial charge on any atom is 0.0737 e. The molecule has 1 saturated carbocycles. The zero-order valence-corrected chi connectivity index (χ0v) is 9.17. The second kappa shape index (κ2) is 3.49. The minimum absolute atomic E-state index is 0.536. The van der Waals surface area contributed by atoms with Gasteiger partial charge < -0.3 is 0 Å². The summed E-state index contributed by atoms with van der Waals surface area (Å²) >= 11 is 0. The summed E-state index contributed by atoms with van der Waals surface area (Å²) in [4.78, 5) is 5.61. The van der Waals surface area contributed by atoms with Gasteiger partial charge in [0, 0.05) is 26.2 Å². The number of hydrogen-bond donors (Lipinski definition) is 0. The standard InChI is InChI=1S/C12H22N2/c1-2-6-12(7-3-1)13-8-4-9-14(12)11-5-10-13/h1-11H2. The highest BCUT2D eigenvalue weighted by atomic mass is 15.4. The van der Waals surface area contributed by atoms with Crippen molar-refractivity contribution in [1.29, 1.82) is 0 Å². The van der Waals surface area contributed by atoms with Crippen LogP contribution in [0.15, 0.2) is 0 Å². The van der Waals surface area contributed by atoms with E-state index in [1.807, 2.05) is 0 Å². The largest absolute Gasteiger partial charge is 0.285 e. The lowest BCUT2D eigenvalue weighted by Crippen LogP contribution is -2.68. The Balaban J connectivity index is 1.86. The summed E-state index contributed by atoms with van der Waals surface area (Å²) in [6.07, 6.45) is 10.1. The minimum atomic E-state index is 0.536. The third-order valence-corrected chi connectivity index (χ3v) is 4.54. The van der Waals surface area contributed by atoms with E-state index in [9.17, 15) is 0 Å². The molecule has 2 aliphatic heterocycles. The molecular formula is C12H22N2. The molecule has 3 fully saturated rings. The van der Waals surface area contributed by atoms with Crippen molar-refractivity contribution in [1.82, 2.24) is 9.80 Å². The van der Waals surface area contributed by atoms with Gasteiger partial charge in [-0.05, 0) is 25.7 Å². The molecule has 0 radical (unpaired) electrons. The lowest BCUT2D eigenvalue weighted by atomic mass is 9.82. The Morgan fingerprint density at radius 2 is 1.07 bits per heavy atom. The molecule has 1 spiro atoms. The first-order chi connectivity index (χ1) is 6.92. The molecule has 3 aliphatic rings. The molecule has 2 heterocycles. The van der Waals surface area contributed by atoms with Gasteiger partial charge in [0.25, 0.3) is 0 Å². The van der Waals surface area contributed by atoms with Gasteiger partial charge in [-0.1, -0.05) is 19.3 Å². The molecule has 14 heavy (non-hydrogen) atoms. The third kappa shape index (κ3) is 1.24. The topological polar surface area (TPSA) is 6.48 Å². The monoisotopic (exact) mass is 194 g/mol. The van der Waals surface area contributed by atoms with Crippen LogP contribution >= 0.6 is 0 Å². The highest BCUT2D eigenvalue weighted by molar-refractivity contribution is 4.98. The van der Waals surface area contributed by atoms with Gasteiger partial charge in [0.15, 0.2) is 0 Å². The molecule has 0 aromatic carbocycles. The van der Waals surface area contributed by atoms with E-state index in [1.165, 1.54) is 71.1 Å². The zero-order chi connectivity index (χ0) is 9.43. The lowest BCUT2D eigenvalue weighted by molar-refractivity contribution is -0.137. The van der Waals surface area contributed by atoms with Crippen LogP contribution in [0.25, 0.3) is 0 Å². The number of nitrogens with zero attached hydrogens (tertiary/aromatic N) is 2. The fraction of sp³-hybridized carbons (Fsp3) is 1.00. The van der Waals surface area contributed by atoms with Crippen LogP contribution in [-0.2, 0) is 0 Å². The van der Waals surface area contributed by atoms with E-state index in [1.54, 1.807) is 0 Å². The maximum atomic E-state index is 2.80. The molecular weight excluding hydrogens is 172 g/mol. The zero-order valence-electron chi connectivity index (χ0n) is 9.17. The molecule has 1 aliphatic carbocycles. The normalized spacial score (nSPS) is 41.1. The van der Waals surface area contributed by atoms with E-state index in [-0.39, 0.29) is 0 Å². The van der Waals surface area contributed by atoms with Crippen LogP contribution in [0.4, 0.5) is 0 Å². The van der Waals surface area contributed by atoms with Crippen LogP contribution in [0.1, 0.15) is 44.9 Å². The fourth-order valence-electron chi connectivity index (χ4n) is 3.91. The van der Waals surface area contributed by atoms with Gasteiger partial charge in [-0.2, -0.15) is 0 Å². The molecule has 2 nitrogen and oxygen atoms in total. The van der Waals surface area contributed by atoms with E-state index < -0.39 is 0 Å². The first-order valence-corrected chi connectivity index (χ1v) is 6.42. The Hall–Kier alpha value is -0.0800. The second-order valence-corrected chi connectivity index (χ2v) is 5.22. The second-order valence-electron chi connectivity index (χ2n) is 5.22. The average Bonchev–Trinajstić information content (AvgIpc) is 2.18. The van der Waals surface area contributed by atoms with E-state index in [2.05, 4.69) is 9.80 Å². The first-order valence-electron chi connectivity index (χ1n) is 6.42. The lowest BCUT2D eigenvalue weighted by Gasteiger charge is -2.59. The molecule has 80 valence electrons. The average molecular weight is 194 g/mol. The molecule has 0 atom stereocenters. The van der Waals surface area contributed by atoms with Crippen molar-refractivity contribution in [3.63, 3.8) is 0 Å². The Labute approximate surface area is 87.3 Å². The van der Waals surface area contributed by atoms with E-state index >= 15 is 0 Å². The molecule has 0 aromatic heterocycles. The van der Waals surface area contributed by atoms with Crippen LogP contribution < -0.4 is 0 Å². The van der Waals surface area contributed by atoms with Gasteiger partial charge in [0.1, 0.15) is 0 Å². The van der Waals surface area contributed by atoms with Crippen molar-refractivity contribution in [3.05, 3.63) is 0 Å². The summed E-state index contributed by atoms with van der Waals surface area (Å²) in [5.41, 5.74) is 0.536. The van der Waals surface area contributed by atoms with Crippen molar-refractivity contribution < 1.29 is 0 Å². The fourth-order valence-corrected chi connectivity index (χ4v) is 3.91.